The molecule has 18 aromatic carbocycles. The van der Waals surface area contributed by atoms with Crippen molar-refractivity contribution in [3.63, 3.8) is 0 Å². The van der Waals surface area contributed by atoms with Gasteiger partial charge in [-0.2, -0.15) is 0 Å². The van der Waals surface area contributed by atoms with E-state index < -0.39 is 7.12 Å². The molecule has 0 atom stereocenters. The summed E-state index contributed by atoms with van der Waals surface area (Å²) in [6, 6.07) is 138. The van der Waals surface area contributed by atoms with Gasteiger partial charge in [0, 0.05) is 113 Å². The summed E-state index contributed by atoms with van der Waals surface area (Å²) in [7, 11) is -0.399. The molecule has 12 heteroatoms. The van der Waals surface area contributed by atoms with Crippen molar-refractivity contribution in [1.82, 2.24) is 18.3 Å². The van der Waals surface area contributed by atoms with E-state index in [1.807, 2.05) is 48.5 Å². The molecule has 8 aromatic heterocycles. The molecular formula is C114H76BBrN4O6. The molecule has 1 aliphatic rings. The third-order valence-corrected chi connectivity index (χ3v) is 26.9. The lowest BCUT2D eigenvalue weighted by Gasteiger charge is -2.32. The molecule has 0 radical (unpaired) electrons. The molecule has 1 aliphatic heterocycles. The number of aromatic nitrogens is 4. The van der Waals surface area contributed by atoms with E-state index in [4.69, 9.17) is 27.0 Å². The van der Waals surface area contributed by atoms with Crippen molar-refractivity contribution >= 4 is 203 Å². The number of hydrogen-bond donors (Lipinski definition) is 0. The lowest BCUT2D eigenvalue weighted by Crippen LogP contribution is -2.41. The van der Waals surface area contributed by atoms with Gasteiger partial charge in [0.05, 0.1) is 55.3 Å². The monoisotopic (exact) mass is 1690 g/mol. The molecule has 27 rings (SSSR count). The first-order valence-corrected chi connectivity index (χ1v) is 43.6. The smallest absolute Gasteiger partial charge is 0.456 e. The number of hydrogen-bond acceptors (Lipinski definition) is 6. The summed E-state index contributed by atoms with van der Waals surface area (Å²) in [6.45, 7) is 8.27. The van der Waals surface area contributed by atoms with Gasteiger partial charge in [-0.15, -0.1) is 0 Å². The lowest BCUT2D eigenvalue weighted by atomic mass is 9.78. The van der Waals surface area contributed by atoms with Crippen molar-refractivity contribution in [2.45, 2.75) is 38.9 Å². The first-order chi connectivity index (χ1) is 61.8. The number of fused-ring (bicyclic) bond motifs is 24. The Labute approximate surface area is 731 Å². The van der Waals surface area contributed by atoms with Crippen LogP contribution in [0.3, 0.4) is 0 Å². The van der Waals surface area contributed by atoms with Crippen LogP contribution in [0.5, 0.6) is 0 Å². The highest BCUT2D eigenvalue weighted by molar-refractivity contribution is 9.10. The van der Waals surface area contributed by atoms with Crippen LogP contribution in [0.4, 0.5) is 0 Å². The van der Waals surface area contributed by atoms with Crippen LogP contribution in [0, 0.1) is 0 Å². The molecule has 0 N–H and O–H groups in total. The molecule has 0 spiro atoms. The molecule has 126 heavy (non-hydrogen) atoms. The Hall–Kier alpha value is -15.2. The predicted molar refractivity (Wildman–Crippen MR) is 526 cm³/mol. The summed E-state index contributed by atoms with van der Waals surface area (Å²) in [6.07, 6.45) is 0. The molecule has 26 aromatic rings. The third kappa shape index (κ3) is 11.8. The highest BCUT2D eigenvalue weighted by atomic mass is 79.9. The zero-order valence-corrected chi connectivity index (χ0v) is 70.7. The average molecular weight is 1690 g/mol. The lowest BCUT2D eigenvalue weighted by molar-refractivity contribution is 0.00578. The summed E-state index contributed by atoms with van der Waals surface area (Å²) < 4.78 is 47.8. The Morgan fingerprint density at radius 2 is 0.452 bits per heavy atom. The Bertz CT molecular complexity index is 8930. The summed E-state index contributed by atoms with van der Waals surface area (Å²) >= 11 is 3.58. The van der Waals surface area contributed by atoms with Crippen molar-refractivity contribution in [1.29, 1.82) is 0 Å². The van der Waals surface area contributed by atoms with Gasteiger partial charge in [-0.1, -0.05) is 216 Å². The molecule has 0 aliphatic carbocycles. The van der Waals surface area contributed by atoms with Crippen LogP contribution in [-0.4, -0.2) is 36.6 Å². The van der Waals surface area contributed by atoms with Crippen molar-refractivity contribution in [2.24, 2.45) is 0 Å². The number of rotatable bonds is 8. The second kappa shape index (κ2) is 28.4. The van der Waals surface area contributed by atoms with E-state index in [1.54, 1.807) is 0 Å². The van der Waals surface area contributed by atoms with E-state index in [-0.39, 0.29) is 11.2 Å². The minimum Gasteiger partial charge on any atom is -0.456 e. The highest BCUT2D eigenvalue weighted by Gasteiger charge is 2.52. The summed E-state index contributed by atoms with van der Waals surface area (Å²) in [5.41, 5.74) is 28.6. The van der Waals surface area contributed by atoms with Gasteiger partial charge in [0.1, 0.15) is 44.7 Å². The van der Waals surface area contributed by atoms with Gasteiger partial charge >= 0.3 is 7.12 Å². The Morgan fingerprint density at radius 1 is 0.198 bits per heavy atom. The second-order valence-electron chi connectivity index (χ2n) is 34.2. The molecule has 10 nitrogen and oxygen atoms in total. The molecule has 0 amide bonds. The van der Waals surface area contributed by atoms with Crippen LogP contribution < -0.4 is 5.46 Å². The van der Waals surface area contributed by atoms with Crippen LogP contribution in [0.25, 0.3) is 231 Å². The fraction of sp³-hybridized carbons (Fsp3) is 0.0526. The van der Waals surface area contributed by atoms with E-state index >= 15 is 0 Å². The number of benzene rings is 18. The number of halogens is 1. The summed E-state index contributed by atoms with van der Waals surface area (Å²) in [4.78, 5) is 0. The zero-order valence-electron chi connectivity index (χ0n) is 69.1. The first kappa shape index (κ1) is 73.5. The SMILES string of the molecule is Brc1ccc(-n2c3ccccc3c3cc(-c4ccc5c(c4)c4ccccc4n5-c4ccccc4)ccc32)cc1.CC1(C)OB(c2ccc3oc4cc5c(cc4c3c2)oc2ccccc25)OC1(C)C.c1ccc(-n2c3ccccc3c3cc(-c4ccc5c(c4)c4ccccc4n5-c4ccc(-c5ccc6oc7cc8c(cc7c6c5)oc5ccccc58)cc4)ccc32)cc1. The van der Waals surface area contributed by atoms with Crippen molar-refractivity contribution in [3.8, 4) is 56.1 Å². The van der Waals surface area contributed by atoms with Crippen molar-refractivity contribution < 1.29 is 27.0 Å². The molecule has 0 bridgehead atoms. The molecule has 9 heterocycles. The fourth-order valence-corrected chi connectivity index (χ4v) is 19.8. The fourth-order valence-electron chi connectivity index (χ4n) is 19.6. The largest absolute Gasteiger partial charge is 0.494 e. The Kier molecular flexibility index (Phi) is 16.6. The number of nitrogens with zero attached hydrogens (tertiary/aromatic N) is 4. The van der Waals surface area contributed by atoms with Gasteiger partial charge < -0.3 is 45.2 Å². The molecule has 598 valence electrons. The average Bonchev–Trinajstić information content (AvgIpc) is 1.59. The van der Waals surface area contributed by atoms with Crippen molar-refractivity contribution in [3.05, 3.63) is 393 Å². The standard InChI is InChI=1S/C54H32N2O2.C36H23BrN2.C24H21BO4/c1-2-10-37(11-3-1)55-47-15-7-4-12-39(47)42-28-35(20-25-49(42)55)36-21-26-50-43(29-36)40-13-5-8-16-48(40)56(50)38-23-18-33(19-24-38)34-22-27-52-44(30-34)46-32-53-45(31-54(46)58-52)41-14-6-9-17-51(41)57-53;37-26-16-18-28(19-17-26)39-34-13-7-5-11-30(34)32-23-25(15-21-36(32)39)24-14-20-35-31(22-24)29-10-4-6-12-33(29)38(35)27-8-2-1-3-9-27;1-23(2)24(3,4)29-25(28-23)14-9-10-20-16(11-14)18-13-21-17(12-22(18)27-20)15-7-5-6-8-19(15)26-21/h1-32H;1-23H;5-13H,1-4H3. The minimum absolute atomic E-state index is 0.370. The van der Waals surface area contributed by atoms with Gasteiger partial charge in [-0.3, -0.25) is 0 Å². The number of furan rings is 4. The molecular weight excluding hydrogens is 1610 g/mol. The molecule has 0 saturated carbocycles. The Balaban J connectivity index is 0.000000110. The van der Waals surface area contributed by atoms with E-state index in [0.717, 1.165) is 120 Å². The molecule has 1 fully saturated rings. The molecule has 1 saturated heterocycles. The van der Waals surface area contributed by atoms with Crippen LogP contribution in [0.1, 0.15) is 27.7 Å². The van der Waals surface area contributed by atoms with Gasteiger partial charge in [0.25, 0.3) is 0 Å². The minimum atomic E-state index is -0.399. The van der Waals surface area contributed by atoms with Gasteiger partial charge in [-0.25, -0.2) is 0 Å². The van der Waals surface area contributed by atoms with E-state index in [0.29, 0.717) is 0 Å². The highest BCUT2D eigenvalue weighted by Crippen LogP contribution is 2.46. The maximum Gasteiger partial charge on any atom is 0.494 e. The van der Waals surface area contributed by atoms with Gasteiger partial charge in [0.15, 0.2) is 0 Å². The zero-order chi connectivity index (χ0) is 83.8. The normalized spacial score (nSPS) is 13.5. The quantitative estimate of drug-likeness (QED) is 0.141. The summed E-state index contributed by atoms with van der Waals surface area (Å²) in [5, 5.41) is 18.6. The first-order valence-electron chi connectivity index (χ1n) is 42.8. The second-order valence-corrected chi connectivity index (χ2v) is 35.1. The van der Waals surface area contributed by atoms with Gasteiger partial charge in [-0.05, 0) is 255 Å². The summed E-state index contributed by atoms with van der Waals surface area (Å²) in [5.74, 6) is 0. The van der Waals surface area contributed by atoms with Crippen LogP contribution in [-0.2, 0) is 9.31 Å². The predicted octanol–water partition coefficient (Wildman–Crippen LogP) is 31.1. The van der Waals surface area contributed by atoms with Crippen LogP contribution in [0.15, 0.2) is 410 Å². The third-order valence-electron chi connectivity index (χ3n) is 26.4. The molecule has 0 unspecified atom stereocenters. The van der Waals surface area contributed by atoms with Gasteiger partial charge in [0.2, 0.25) is 0 Å². The number of para-hydroxylation sites is 8. The Morgan fingerprint density at radius 3 is 0.833 bits per heavy atom. The topological polar surface area (TPSA) is 90.7 Å². The van der Waals surface area contributed by atoms with Crippen LogP contribution in [0.2, 0.25) is 0 Å². The van der Waals surface area contributed by atoms with E-state index in [9.17, 15) is 0 Å². The maximum atomic E-state index is 6.36. The maximum absolute atomic E-state index is 6.36. The van der Waals surface area contributed by atoms with Crippen LogP contribution >= 0.6 is 15.9 Å². The van der Waals surface area contributed by atoms with E-state index in [2.05, 4.69) is 402 Å². The van der Waals surface area contributed by atoms with E-state index in [1.165, 1.54) is 121 Å². The van der Waals surface area contributed by atoms with Crippen molar-refractivity contribution in [2.75, 3.05) is 0 Å².